The zero-order valence-electron chi connectivity index (χ0n) is 32.4. The standard InChI is InChI=1S/C48H55N3O3/c1-30-23-25-38-37(27-30)42-44-43(35-21-13-14-22-36(35)46(42)54-48(38,2)3)49-39-26-24-33(29-40(39)50-44)47(53)51(34-19-11-6-12-20-34)45(32-17-9-5-10-18-32)41(52)28-31-15-7-4-8-16-31/h5,9-10,13-14,17-18,21-22,24,26,29-31,34,37-38,45H,4,6-8,11-12,15-16,19-20,23,25,27-28H2,1-3H3/t30-,37-,38-,45?/m0/s1. The predicted molar refractivity (Wildman–Crippen MR) is 217 cm³/mol. The van der Waals surface area contributed by atoms with Crippen LogP contribution in [0.25, 0.3) is 32.8 Å². The highest BCUT2D eigenvalue weighted by Crippen LogP contribution is 2.56. The Balaban J connectivity index is 1.18. The van der Waals surface area contributed by atoms with Gasteiger partial charge in [-0.15, -0.1) is 0 Å². The number of aromatic nitrogens is 2. The minimum Gasteiger partial charge on any atom is -0.487 e. The van der Waals surface area contributed by atoms with E-state index in [2.05, 4.69) is 45.0 Å². The molecule has 0 radical (unpaired) electrons. The molecule has 0 bridgehead atoms. The van der Waals surface area contributed by atoms with Gasteiger partial charge in [-0.1, -0.05) is 119 Å². The van der Waals surface area contributed by atoms with Crippen molar-refractivity contribution in [1.29, 1.82) is 0 Å². The number of ketones is 1. The van der Waals surface area contributed by atoms with Gasteiger partial charge in [0.15, 0.2) is 5.78 Å². The van der Waals surface area contributed by atoms with Crippen LogP contribution in [0.3, 0.4) is 0 Å². The van der Waals surface area contributed by atoms with E-state index >= 15 is 4.79 Å². The average molecular weight is 722 g/mol. The molecule has 4 aromatic carbocycles. The summed E-state index contributed by atoms with van der Waals surface area (Å²) >= 11 is 0. The molecule has 0 saturated heterocycles. The van der Waals surface area contributed by atoms with Gasteiger partial charge in [0.2, 0.25) is 0 Å². The van der Waals surface area contributed by atoms with Crippen molar-refractivity contribution >= 4 is 44.5 Å². The summed E-state index contributed by atoms with van der Waals surface area (Å²) in [7, 11) is 0. The summed E-state index contributed by atoms with van der Waals surface area (Å²) in [5, 5.41) is 2.14. The smallest absolute Gasteiger partial charge is 0.255 e. The third-order valence-electron chi connectivity index (χ3n) is 13.7. The Bertz CT molecular complexity index is 2200. The van der Waals surface area contributed by atoms with E-state index in [1.54, 1.807) is 0 Å². The number of carbonyl (C=O) groups excluding carboxylic acids is 2. The fourth-order valence-corrected chi connectivity index (χ4v) is 11.0. The van der Waals surface area contributed by atoms with Crippen molar-refractivity contribution in [2.75, 3.05) is 0 Å². The third kappa shape index (κ3) is 6.37. The van der Waals surface area contributed by atoms with Crippen LogP contribution in [-0.2, 0) is 4.79 Å². The van der Waals surface area contributed by atoms with Gasteiger partial charge in [0.1, 0.15) is 17.4 Å². The molecule has 1 aliphatic heterocycles. The van der Waals surface area contributed by atoms with Crippen molar-refractivity contribution in [3.05, 3.63) is 89.5 Å². The van der Waals surface area contributed by atoms with Crippen LogP contribution in [-0.4, -0.2) is 38.2 Å². The number of hydrogen-bond acceptors (Lipinski definition) is 5. The number of fused-ring (bicyclic) bond motifs is 9. The maximum Gasteiger partial charge on any atom is 0.255 e. The number of amides is 1. The molecule has 6 nitrogen and oxygen atoms in total. The van der Waals surface area contributed by atoms with Gasteiger partial charge in [-0.25, -0.2) is 9.97 Å². The second-order valence-corrected chi connectivity index (χ2v) is 17.7. The second kappa shape index (κ2) is 14.4. The molecule has 0 N–H and O–H groups in total. The Hall–Kier alpha value is -4.32. The van der Waals surface area contributed by atoms with E-state index in [4.69, 9.17) is 14.7 Å². The molecule has 6 heteroatoms. The van der Waals surface area contributed by atoms with E-state index in [9.17, 15) is 4.79 Å². The quantitative estimate of drug-likeness (QED) is 0.124. The summed E-state index contributed by atoms with van der Waals surface area (Å²) in [6.07, 6.45) is 14.9. The zero-order valence-corrected chi connectivity index (χ0v) is 32.4. The Morgan fingerprint density at radius 2 is 1.46 bits per heavy atom. The number of hydrogen-bond donors (Lipinski definition) is 0. The third-order valence-corrected chi connectivity index (χ3v) is 13.7. The van der Waals surface area contributed by atoms with Gasteiger partial charge in [-0.05, 0) is 81.0 Å². The van der Waals surface area contributed by atoms with Gasteiger partial charge in [-0.2, -0.15) is 0 Å². The van der Waals surface area contributed by atoms with Crippen LogP contribution in [0.5, 0.6) is 5.75 Å². The Labute approximate surface area is 320 Å². The highest BCUT2D eigenvalue weighted by molar-refractivity contribution is 6.11. The largest absolute Gasteiger partial charge is 0.487 e. The topological polar surface area (TPSA) is 72.4 Å². The first-order valence-electron chi connectivity index (χ1n) is 21.0. The number of nitrogens with zero attached hydrogens (tertiary/aromatic N) is 3. The molecule has 4 atom stereocenters. The molecular formula is C48H55N3O3. The van der Waals surface area contributed by atoms with Crippen LogP contribution in [0, 0.1) is 17.8 Å². The number of Topliss-reactive ketones (excluding diaryl/α,β-unsaturated/α-hetero) is 1. The Morgan fingerprint density at radius 3 is 2.22 bits per heavy atom. The van der Waals surface area contributed by atoms with E-state index < -0.39 is 6.04 Å². The fraction of sp³-hybridized carbons (Fsp3) is 0.500. The maximum atomic E-state index is 15.2. The van der Waals surface area contributed by atoms with E-state index in [1.165, 1.54) is 37.7 Å². The molecule has 0 spiro atoms. The molecular weight excluding hydrogens is 667 g/mol. The number of ether oxygens (including phenoxy) is 1. The van der Waals surface area contributed by atoms with Crippen molar-refractivity contribution in [2.24, 2.45) is 17.8 Å². The van der Waals surface area contributed by atoms with Crippen molar-refractivity contribution < 1.29 is 14.3 Å². The normalized spacial score (nSPS) is 23.7. The summed E-state index contributed by atoms with van der Waals surface area (Å²) in [5.74, 6) is 2.77. The second-order valence-electron chi connectivity index (χ2n) is 17.7. The van der Waals surface area contributed by atoms with E-state index in [1.807, 2.05) is 53.4 Å². The van der Waals surface area contributed by atoms with Gasteiger partial charge in [-0.3, -0.25) is 9.59 Å². The van der Waals surface area contributed by atoms with Crippen LogP contribution in [0.1, 0.15) is 144 Å². The van der Waals surface area contributed by atoms with Crippen molar-refractivity contribution in [3.8, 4) is 5.75 Å². The van der Waals surface area contributed by atoms with E-state index in [-0.39, 0.29) is 23.3 Å². The molecule has 1 unspecified atom stereocenters. The summed E-state index contributed by atoms with van der Waals surface area (Å²) in [6, 6.07) is 23.8. The van der Waals surface area contributed by atoms with Crippen molar-refractivity contribution in [1.82, 2.24) is 14.9 Å². The molecule has 5 aromatic rings. The van der Waals surface area contributed by atoms with Gasteiger partial charge in [0.05, 0.1) is 22.1 Å². The maximum absolute atomic E-state index is 15.2. The first kappa shape index (κ1) is 35.4. The Kier molecular flexibility index (Phi) is 9.43. The zero-order chi connectivity index (χ0) is 37.0. The highest BCUT2D eigenvalue weighted by Gasteiger charge is 2.48. The first-order chi connectivity index (χ1) is 26.3. The predicted octanol–water partition coefficient (Wildman–Crippen LogP) is 11.7. The molecule has 1 amide bonds. The number of carbonyl (C=O) groups is 2. The van der Waals surface area contributed by atoms with Gasteiger partial charge in [0.25, 0.3) is 5.91 Å². The van der Waals surface area contributed by atoms with Gasteiger partial charge in [0, 0.05) is 40.3 Å². The molecule has 3 aliphatic carbocycles. The summed E-state index contributed by atoms with van der Waals surface area (Å²) in [5.41, 5.74) is 5.67. The van der Waals surface area contributed by atoms with E-state index in [0.717, 1.165) is 90.0 Å². The van der Waals surface area contributed by atoms with Crippen molar-refractivity contribution in [2.45, 2.75) is 134 Å². The van der Waals surface area contributed by atoms with Crippen molar-refractivity contribution in [3.63, 3.8) is 0 Å². The summed E-state index contributed by atoms with van der Waals surface area (Å²) in [6.45, 7) is 6.89. The number of rotatable bonds is 7. The fourth-order valence-electron chi connectivity index (χ4n) is 11.0. The van der Waals surface area contributed by atoms with Gasteiger partial charge >= 0.3 is 0 Å². The lowest BCUT2D eigenvalue weighted by molar-refractivity contribution is -0.126. The van der Waals surface area contributed by atoms with Crippen LogP contribution >= 0.6 is 0 Å². The average Bonchev–Trinajstić information content (AvgIpc) is 3.19. The molecule has 54 heavy (non-hydrogen) atoms. The van der Waals surface area contributed by atoms with Crippen LogP contribution < -0.4 is 4.74 Å². The lowest BCUT2D eigenvalue weighted by Crippen LogP contribution is -2.47. The molecule has 3 saturated carbocycles. The SMILES string of the molecule is C[C@H]1CC[C@H]2[C@H](C1)c1c(c3ccccc3c3nc4ccc(C(=O)N(C5CCCCC5)C(C(=O)CC5CCCCC5)c5ccccc5)cc4nc13)OC2(C)C. The molecule has 4 aliphatic rings. The van der Waals surface area contributed by atoms with Crippen LogP contribution in [0.2, 0.25) is 0 Å². The lowest BCUT2D eigenvalue weighted by atomic mass is 9.64. The molecule has 9 rings (SSSR count). The summed E-state index contributed by atoms with van der Waals surface area (Å²) < 4.78 is 7.00. The van der Waals surface area contributed by atoms with E-state index in [0.29, 0.717) is 41.2 Å². The van der Waals surface area contributed by atoms with Crippen LogP contribution in [0.15, 0.2) is 72.8 Å². The minimum atomic E-state index is -0.605. The molecule has 1 aromatic heterocycles. The molecule has 280 valence electrons. The van der Waals surface area contributed by atoms with Gasteiger partial charge < -0.3 is 9.64 Å². The highest BCUT2D eigenvalue weighted by atomic mass is 16.5. The van der Waals surface area contributed by atoms with Crippen LogP contribution in [0.4, 0.5) is 0 Å². The lowest BCUT2D eigenvalue weighted by Gasteiger charge is -2.49. The summed E-state index contributed by atoms with van der Waals surface area (Å²) in [4.78, 5) is 42.5. The Morgan fingerprint density at radius 1 is 0.778 bits per heavy atom. The first-order valence-corrected chi connectivity index (χ1v) is 21.0. The molecule has 3 fully saturated rings. The monoisotopic (exact) mass is 721 g/mol. The molecule has 2 heterocycles. The minimum absolute atomic E-state index is 0.00857. The number of benzene rings is 4.